The van der Waals surface area contributed by atoms with Crippen LogP contribution in [0.1, 0.15) is 12.0 Å². The minimum absolute atomic E-state index is 0.0176. The quantitative estimate of drug-likeness (QED) is 0.760. The van der Waals surface area contributed by atoms with Gasteiger partial charge in [-0.25, -0.2) is 8.42 Å². The number of nitrogens with zero attached hydrogens (tertiary/aromatic N) is 2. The van der Waals surface area contributed by atoms with Crippen LogP contribution in [0.25, 0.3) is 0 Å². The summed E-state index contributed by atoms with van der Waals surface area (Å²) in [5, 5.41) is 3.89. The number of benzene rings is 1. The monoisotopic (exact) mass is 387 g/mol. The van der Waals surface area contributed by atoms with Crippen molar-refractivity contribution in [1.82, 2.24) is 14.5 Å². The fraction of sp³-hybridized carbons (Fsp3) is 0.647. The zero-order chi connectivity index (χ0) is 17.7. The summed E-state index contributed by atoms with van der Waals surface area (Å²) in [5.41, 5.74) is 0.770. The molecule has 2 aliphatic heterocycles. The first-order valence-electron chi connectivity index (χ1n) is 8.79. The average Bonchev–Trinajstić information content (AvgIpc) is 3.12. The minimum Gasteiger partial charge on any atom is -0.379 e. The molecule has 0 radical (unpaired) electrons. The molecule has 1 aromatic rings. The summed E-state index contributed by atoms with van der Waals surface area (Å²) in [6.45, 7) is 6.06. The summed E-state index contributed by atoms with van der Waals surface area (Å²) in [7, 11) is -3.38. The molecule has 0 bridgehead atoms. The van der Waals surface area contributed by atoms with Gasteiger partial charge in [0.05, 0.1) is 19.0 Å². The van der Waals surface area contributed by atoms with Gasteiger partial charge in [-0.15, -0.1) is 0 Å². The molecule has 140 valence electrons. The Morgan fingerprint density at radius 1 is 1.24 bits per heavy atom. The summed E-state index contributed by atoms with van der Waals surface area (Å²) >= 11 is 5.90. The van der Waals surface area contributed by atoms with Crippen molar-refractivity contribution in [2.45, 2.75) is 18.2 Å². The maximum atomic E-state index is 13.1. The van der Waals surface area contributed by atoms with E-state index < -0.39 is 10.0 Å². The Bertz CT molecular complexity index is 642. The Balaban J connectivity index is 1.69. The predicted octanol–water partition coefficient (Wildman–Crippen LogP) is 1.17. The van der Waals surface area contributed by atoms with Crippen LogP contribution in [-0.4, -0.2) is 76.1 Å². The number of hydrogen-bond donors (Lipinski definition) is 1. The Labute approximate surface area is 155 Å². The molecule has 3 rings (SSSR count). The van der Waals surface area contributed by atoms with Crippen molar-refractivity contribution in [1.29, 1.82) is 0 Å². The van der Waals surface area contributed by atoms with E-state index in [0.717, 1.165) is 57.9 Å². The molecule has 1 unspecified atom stereocenters. The molecule has 1 N–H and O–H groups in total. The highest BCUT2D eigenvalue weighted by atomic mass is 35.5. The Hall–Kier alpha value is -0.700. The van der Waals surface area contributed by atoms with Crippen molar-refractivity contribution in [2.24, 2.45) is 0 Å². The normalized spacial score (nSPS) is 22.6. The molecule has 2 aliphatic rings. The molecule has 6 nitrogen and oxygen atoms in total. The van der Waals surface area contributed by atoms with Crippen LogP contribution in [0.4, 0.5) is 0 Å². The summed E-state index contributed by atoms with van der Waals surface area (Å²) in [5.74, 6) is 0.0176. The zero-order valence-corrected chi connectivity index (χ0v) is 15.9. The third kappa shape index (κ3) is 5.39. The number of halogens is 1. The van der Waals surface area contributed by atoms with E-state index >= 15 is 0 Å². The zero-order valence-electron chi connectivity index (χ0n) is 14.4. The summed E-state index contributed by atoms with van der Waals surface area (Å²) in [6, 6.07) is 7.08. The number of nitrogens with one attached hydrogen (secondary N) is 1. The van der Waals surface area contributed by atoms with Crippen LogP contribution >= 0.6 is 11.6 Å². The Morgan fingerprint density at radius 3 is 2.60 bits per heavy atom. The molecule has 0 aromatic heterocycles. The molecule has 8 heteroatoms. The van der Waals surface area contributed by atoms with Crippen LogP contribution < -0.4 is 5.32 Å². The molecule has 2 heterocycles. The van der Waals surface area contributed by atoms with Gasteiger partial charge >= 0.3 is 0 Å². The SMILES string of the molecule is O=S(=O)(Cc1ccc(Cl)cc1)N(CCN1CCOCC1)C1CCNC1. The van der Waals surface area contributed by atoms with Crippen molar-refractivity contribution in [3.8, 4) is 0 Å². The highest BCUT2D eigenvalue weighted by molar-refractivity contribution is 7.88. The van der Waals surface area contributed by atoms with Gasteiger partial charge < -0.3 is 10.1 Å². The predicted molar refractivity (Wildman–Crippen MR) is 99.3 cm³/mol. The second-order valence-corrected chi connectivity index (χ2v) is 8.95. The third-order valence-corrected chi connectivity index (χ3v) is 6.95. The maximum absolute atomic E-state index is 13.1. The molecular weight excluding hydrogens is 362 g/mol. The highest BCUT2D eigenvalue weighted by Gasteiger charge is 2.32. The first kappa shape index (κ1) is 19.1. The average molecular weight is 388 g/mol. The van der Waals surface area contributed by atoms with Crippen molar-refractivity contribution in [3.05, 3.63) is 34.9 Å². The van der Waals surface area contributed by atoms with Gasteiger partial charge in [0.25, 0.3) is 0 Å². The van der Waals surface area contributed by atoms with E-state index in [1.807, 2.05) is 0 Å². The molecule has 2 saturated heterocycles. The lowest BCUT2D eigenvalue weighted by Crippen LogP contribution is -2.47. The van der Waals surface area contributed by atoms with Gasteiger partial charge in [0.15, 0.2) is 0 Å². The smallest absolute Gasteiger partial charge is 0.218 e. The highest BCUT2D eigenvalue weighted by Crippen LogP contribution is 2.19. The second-order valence-electron chi connectivity index (χ2n) is 6.59. The fourth-order valence-electron chi connectivity index (χ4n) is 3.37. The standard InChI is InChI=1S/C17H26ClN3O3S/c18-16-3-1-15(2-4-16)14-25(22,23)21(17-5-6-19-13-17)8-7-20-9-11-24-12-10-20/h1-4,17,19H,5-14H2. The topological polar surface area (TPSA) is 61.9 Å². The molecule has 0 spiro atoms. The third-order valence-electron chi connectivity index (χ3n) is 4.80. The van der Waals surface area contributed by atoms with Gasteiger partial charge in [-0.05, 0) is 30.7 Å². The van der Waals surface area contributed by atoms with Crippen molar-refractivity contribution >= 4 is 21.6 Å². The van der Waals surface area contributed by atoms with E-state index in [2.05, 4.69) is 10.2 Å². The van der Waals surface area contributed by atoms with E-state index in [4.69, 9.17) is 16.3 Å². The van der Waals surface area contributed by atoms with Crippen LogP contribution in [0, 0.1) is 0 Å². The van der Waals surface area contributed by atoms with Crippen LogP contribution in [-0.2, 0) is 20.5 Å². The lowest BCUT2D eigenvalue weighted by molar-refractivity contribution is 0.0355. The molecule has 0 aliphatic carbocycles. The second kappa shape index (κ2) is 8.79. The molecule has 2 fully saturated rings. The van der Waals surface area contributed by atoms with E-state index in [-0.39, 0.29) is 11.8 Å². The van der Waals surface area contributed by atoms with E-state index in [1.165, 1.54) is 0 Å². The summed E-state index contributed by atoms with van der Waals surface area (Å²) in [6.07, 6.45) is 0.864. The van der Waals surface area contributed by atoms with E-state index in [1.54, 1.807) is 28.6 Å². The number of ether oxygens (including phenoxy) is 1. The first-order valence-corrected chi connectivity index (χ1v) is 10.8. The molecule has 0 amide bonds. The largest absolute Gasteiger partial charge is 0.379 e. The maximum Gasteiger partial charge on any atom is 0.218 e. The van der Waals surface area contributed by atoms with Gasteiger partial charge in [-0.2, -0.15) is 4.31 Å². The Morgan fingerprint density at radius 2 is 1.96 bits per heavy atom. The van der Waals surface area contributed by atoms with Crippen LogP contribution in [0.5, 0.6) is 0 Å². The molecule has 1 atom stereocenters. The molecule has 1 aromatic carbocycles. The lowest BCUT2D eigenvalue weighted by Gasteiger charge is -2.32. The minimum atomic E-state index is -3.38. The number of morpholine rings is 1. The fourth-order valence-corrected chi connectivity index (χ4v) is 5.27. The van der Waals surface area contributed by atoms with Crippen LogP contribution in [0.2, 0.25) is 5.02 Å². The lowest BCUT2D eigenvalue weighted by atomic mass is 10.2. The van der Waals surface area contributed by atoms with Gasteiger partial charge in [-0.3, -0.25) is 4.90 Å². The van der Waals surface area contributed by atoms with Crippen molar-refractivity contribution in [3.63, 3.8) is 0 Å². The number of hydrogen-bond acceptors (Lipinski definition) is 5. The number of sulfonamides is 1. The molecular formula is C17H26ClN3O3S. The van der Waals surface area contributed by atoms with Gasteiger partial charge in [0, 0.05) is 43.8 Å². The van der Waals surface area contributed by atoms with Gasteiger partial charge in [0.2, 0.25) is 10.0 Å². The van der Waals surface area contributed by atoms with E-state index in [9.17, 15) is 8.42 Å². The van der Waals surface area contributed by atoms with Crippen LogP contribution in [0.15, 0.2) is 24.3 Å². The first-order chi connectivity index (χ1) is 12.0. The van der Waals surface area contributed by atoms with Gasteiger partial charge in [-0.1, -0.05) is 23.7 Å². The Kier molecular flexibility index (Phi) is 6.71. The van der Waals surface area contributed by atoms with E-state index in [0.29, 0.717) is 11.6 Å². The van der Waals surface area contributed by atoms with Crippen molar-refractivity contribution < 1.29 is 13.2 Å². The molecule has 0 saturated carbocycles. The number of rotatable bonds is 7. The summed E-state index contributed by atoms with van der Waals surface area (Å²) in [4.78, 5) is 2.27. The van der Waals surface area contributed by atoms with Gasteiger partial charge in [0.1, 0.15) is 0 Å². The van der Waals surface area contributed by atoms with Crippen LogP contribution in [0.3, 0.4) is 0 Å². The summed E-state index contributed by atoms with van der Waals surface area (Å²) < 4.78 is 33.2. The molecule has 25 heavy (non-hydrogen) atoms. The van der Waals surface area contributed by atoms with Crippen molar-refractivity contribution in [2.75, 3.05) is 52.5 Å².